The minimum absolute atomic E-state index is 0.857. The highest BCUT2D eigenvalue weighted by molar-refractivity contribution is 9.10. The highest BCUT2D eigenvalue weighted by Gasteiger charge is 2.11. The van der Waals surface area contributed by atoms with E-state index in [2.05, 4.69) is 105 Å². The SMILES string of the molecule is Brc1ccc2[nH]c3c[n+](Cc4cccc5ccccc45)ccc3c2c1. The van der Waals surface area contributed by atoms with Gasteiger partial charge >= 0.3 is 0 Å². The Labute approximate surface area is 153 Å². The van der Waals surface area contributed by atoms with Gasteiger partial charge in [-0.25, -0.2) is 0 Å². The normalized spacial score (nSPS) is 11.6. The highest BCUT2D eigenvalue weighted by atomic mass is 79.9. The number of rotatable bonds is 2. The van der Waals surface area contributed by atoms with E-state index in [0.717, 1.165) is 16.5 Å². The van der Waals surface area contributed by atoms with Gasteiger partial charge in [0.15, 0.2) is 18.9 Å². The van der Waals surface area contributed by atoms with E-state index in [9.17, 15) is 0 Å². The molecule has 3 heteroatoms. The number of benzene rings is 3. The Morgan fingerprint density at radius 1 is 0.800 bits per heavy atom. The third-order valence-corrected chi connectivity index (χ3v) is 5.29. The second-order valence-electron chi connectivity index (χ2n) is 6.40. The molecule has 3 aromatic carbocycles. The number of halogens is 1. The van der Waals surface area contributed by atoms with Crippen LogP contribution in [0.1, 0.15) is 5.56 Å². The number of fused-ring (bicyclic) bond motifs is 4. The summed E-state index contributed by atoms with van der Waals surface area (Å²) in [4.78, 5) is 3.53. The van der Waals surface area contributed by atoms with Gasteiger partial charge in [0.1, 0.15) is 5.52 Å². The monoisotopic (exact) mass is 387 g/mol. The van der Waals surface area contributed by atoms with Gasteiger partial charge in [-0.15, -0.1) is 0 Å². The van der Waals surface area contributed by atoms with Gasteiger partial charge in [0, 0.05) is 32.4 Å². The smallest absolute Gasteiger partial charge is 0.193 e. The second-order valence-corrected chi connectivity index (χ2v) is 7.31. The summed E-state index contributed by atoms with van der Waals surface area (Å²) in [5, 5.41) is 5.11. The third-order valence-electron chi connectivity index (χ3n) is 4.79. The number of H-pyrrole nitrogens is 1. The van der Waals surface area contributed by atoms with Crippen LogP contribution >= 0.6 is 15.9 Å². The van der Waals surface area contributed by atoms with Crippen molar-refractivity contribution in [1.82, 2.24) is 4.98 Å². The van der Waals surface area contributed by atoms with Crippen molar-refractivity contribution in [2.45, 2.75) is 6.54 Å². The van der Waals surface area contributed by atoms with Crippen molar-refractivity contribution < 1.29 is 4.57 Å². The summed E-state index contributed by atoms with van der Waals surface area (Å²) in [7, 11) is 0. The van der Waals surface area contributed by atoms with E-state index in [1.807, 2.05) is 0 Å². The van der Waals surface area contributed by atoms with Crippen LogP contribution in [0, 0.1) is 0 Å². The molecule has 120 valence electrons. The maximum absolute atomic E-state index is 3.57. The zero-order valence-corrected chi connectivity index (χ0v) is 15.1. The molecule has 0 fully saturated rings. The van der Waals surface area contributed by atoms with Gasteiger partial charge in [-0.3, -0.25) is 0 Å². The summed E-state index contributed by atoms with van der Waals surface area (Å²) in [6, 6.07) is 23.6. The molecule has 0 aliphatic heterocycles. The first-order chi connectivity index (χ1) is 12.3. The van der Waals surface area contributed by atoms with Crippen LogP contribution < -0.4 is 4.57 Å². The number of aromatic nitrogens is 2. The van der Waals surface area contributed by atoms with Gasteiger partial charge < -0.3 is 4.98 Å². The maximum atomic E-state index is 3.57. The summed E-state index contributed by atoms with van der Waals surface area (Å²) in [6.07, 6.45) is 4.36. The fourth-order valence-corrected chi connectivity index (χ4v) is 3.95. The third kappa shape index (κ3) is 2.52. The Kier molecular flexibility index (Phi) is 3.35. The average molecular weight is 388 g/mol. The van der Waals surface area contributed by atoms with Crippen LogP contribution in [0.4, 0.5) is 0 Å². The minimum Gasteiger partial charge on any atom is -0.350 e. The maximum Gasteiger partial charge on any atom is 0.193 e. The van der Waals surface area contributed by atoms with Gasteiger partial charge in [0.05, 0.1) is 0 Å². The molecule has 5 aromatic rings. The van der Waals surface area contributed by atoms with Crippen molar-refractivity contribution in [3.8, 4) is 0 Å². The molecule has 2 aromatic heterocycles. The lowest BCUT2D eigenvalue weighted by Crippen LogP contribution is -2.33. The van der Waals surface area contributed by atoms with Crippen LogP contribution in [-0.2, 0) is 6.54 Å². The lowest BCUT2D eigenvalue weighted by atomic mass is 10.0. The molecule has 0 aliphatic carbocycles. The molecule has 0 atom stereocenters. The van der Waals surface area contributed by atoms with Crippen LogP contribution in [0.15, 0.2) is 83.6 Å². The van der Waals surface area contributed by atoms with Gasteiger partial charge in [0.2, 0.25) is 0 Å². The molecule has 25 heavy (non-hydrogen) atoms. The quantitative estimate of drug-likeness (QED) is 0.382. The van der Waals surface area contributed by atoms with Crippen LogP contribution in [0.25, 0.3) is 32.6 Å². The van der Waals surface area contributed by atoms with Gasteiger partial charge in [-0.05, 0) is 29.0 Å². The topological polar surface area (TPSA) is 19.7 Å². The minimum atomic E-state index is 0.857. The lowest BCUT2D eigenvalue weighted by molar-refractivity contribution is -0.686. The van der Waals surface area contributed by atoms with E-state index >= 15 is 0 Å². The Morgan fingerprint density at radius 3 is 2.64 bits per heavy atom. The first-order valence-electron chi connectivity index (χ1n) is 8.35. The predicted molar refractivity (Wildman–Crippen MR) is 107 cm³/mol. The molecule has 0 unspecified atom stereocenters. The Bertz CT molecular complexity index is 1230. The molecule has 0 saturated heterocycles. The standard InChI is InChI=1S/C22H15BrN2/c23-17-8-9-21-20(12-17)19-10-11-25(14-22(19)24-21)13-16-6-3-5-15-4-1-2-7-18(15)16/h1-12,14H,13H2/p+1. The average Bonchev–Trinajstić information content (AvgIpc) is 2.99. The molecule has 0 spiro atoms. The van der Waals surface area contributed by atoms with Crippen molar-refractivity contribution in [2.24, 2.45) is 0 Å². The number of aromatic amines is 1. The molecule has 1 N–H and O–H groups in total. The van der Waals surface area contributed by atoms with E-state index in [1.165, 1.54) is 32.6 Å². The Hall–Kier alpha value is -2.65. The van der Waals surface area contributed by atoms with Crippen molar-refractivity contribution in [3.63, 3.8) is 0 Å². The summed E-state index contributed by atoms with van der Waals surface area (Å²) in [5.74, 6) is 0. The zero-order valence-electron chi connectivity index (χ0n) is 13.5. The van der Waals surface area contributed by atoms with Crippen LogP contribution in [0.3, 0.4) is 0 Å². The molecule has 5 rings (SSSR count). The van der Waals surface area contributed by atoms with Gasteiger partial charge in [-0.2, -0.15) is 4.57 Å². The molecule has 2 heterocycles. The lowest BCUT2D eigenvalue weighted by Gasteiger charge is -2.03. The van der Waals surface area contributed by atoms with E-state index in [1.54, 1.807) is 0 Å². The Balaban J connectivity index is 1.62. The molecular weight excluding hydrogens is 372 g/mol. The number of hydrogen-bond donors (Lipinski definition) is 1. The van der Waals surface area contributed by atoms with Crippen molar-refractivity contribution in [2.75, 3.05) is 0 Å². The summed E-state index contributed by atoms with van der Waals surface area (Å²) in [5.41, 5.74) is 3.67. The van der Waals surface area contributed by atoms with Crippen LogP contribution in [0.5, 0.6) is 0 Å². The first-order valence-corrected chi connectivity index (χ1v) is 9.14. The van der Waals surface area contributed by atoms with Crippen LogP contribution in [0.2, 0.25) is 0 Å². The van der Waals surface area contributed by atoms with Crippen molar-refractivity contribution in [3.05, 3.63) is 89.2 Å². The van der Waals surface area contributed by atoms with Gasteiger partial charge in [0.25, 0.3) is 0 Å². The number of nitrogens with one attached hydrogen (secondary N) is 1. The number of pyridine rings is 1. The van der Waals surface area contributed by atoms with E-state index < -0.39 is 0 Å². The van der Waals surface area contributed by atoms with E-state index in [-0.39, 0.29) is 0 Å². The molecular formula is C22H16BrN2+. The molecule has 0 bridgehead atoms. The fourth-order valence-electron chi connectivity index (χ4n) is 3.59. The molecule has 0 saturated carbocycles. The summed E-state index contributed by atoms with van der Waals surface area (Å²) < 4.78 is 3.35. The Morgan fingerprint density at radius 2 is 1.68 bits per heavy atom. The van der Waals surface area contributed by atoms with Crippen molar-refractivity contribution >= 4 is 48.5 Å². The predicted octanol–water partition coefficient (Wildman–Crippen LogP) is 5.57. The molecule has 0 radical (unpaired) electrons. The first kappa shape index (κ1) is 14.7. The van der Waals surface area contributed by atoms with Crippen LogP contribution in [-0.4, -0.2) is 4.98 Å². The van der Waals surface area contributed by atoms with E-state index in [4.69, 9.17) is 0 Å². The van der Waals surface area contributed by atoms with E-state index in [0.29, 0.717) is 0 Å². The number of nitrogens with zero attached hydrogens (tertiary/aromatic N) is 1. The fraction of sp³-hybridized carbons (Fsp3) is 0.0455. The number of hydrogen-bond acceptors (Lipinski definition) is 0. The molecule has 0 aliphatic rings. The van der Waals surface area contributed by atoms with Gasteiger partial charge in [-0.1, -0.05) is 58.4 Å². The molecule has 2 nitrogen and oxygen atoms in total. The molecule has 0 amide bonds. The largest absolute Gasteiger partial charge is 0.350 e. The van der Waals surface area contributed by atoms with Crippen molar-refractivity contribution in [1.29, 1.82) is 0 Å². The summed E-state index contributed by atoms with van der Waals surface area (Å²) in [6.45, 7) is 0.857. The highest BCUT2D eigenvalue weighted by Crippen LogP contribution is 2.27. The second kappa shape index (κ2) is 5.71. The zero-order chi connectivity index (χ0) is 16.8. The summed E-state index contributed by atoms with van der Waals surface area (Å²) >= 11 is 3.57.